The fourth-order valence-corrected chi connectivity index (χ4v) is 4.60. The van der Waals surface area contributed by atoms with Gasteiger partial charge >= 0.3 is 0 Å². The summed E-state index contributed by atoms with van der Waals surface area (Å²) in [7, 11) is 0. The van der Waals surface area contributed by atoms with Gasteiger partial charge in [0.2, 0.25) is 5.91 Å². The SMILES string of the molecule is CCCN1CCN(CC2=CCCOC2)C[C@H](Cc2cccc(-c3cccnc3)c2)C1=O. The van der Waals surface area contributed by atoms with Crippen LogP contribution in [0.25, 0.3) is 11.1 Å². The van der Waals surface area contributed by atoms with Crippen LogP contribution in [0.3, 0.4) is 0 Å². The van der Waals surface area contributed by atoms with Crippen LogP contribution < -0.4 is 0 Å². The quantitative estimate of drug-likeness (QED) is 0.641. The van der Waals surface area contributed by atoms with Crippen LogP contribution in [0.1, 0.15) is 25.3 Å². The van der Waals surface area contributed by atoms with Crippen LogP contribution >= 0.6 is 0 Å². The van der Waals surface area contributed by atoms with Crippen molar-refractivity contribution in [3.05, 3.63) is 66.0 Å². The lowest BCUT2D eigenvalue weighted by Crippen LogP contribution is -2.38. The smallest absolute Gasteiger partial charge is 0.227 e. The molecule has 0 aliphatic carbocycles. The summed E-state index contributed by atoms with van der Waals surface area (Å²) in [4.78, 5) is 22.1. The van der Waals surface area contributed by atoms with E-state index in [4.69, 9.17) is 4.74 Å². The Morgan fingerprint density at radius 3 is 2.84 bits per heavy atom. The van der Waals surface area contributed by atoms with E-state index in [2.05, 4.69) is 58.1 Å². The molecule has 2 aliphatic rings. The van der Waals surface area contributed by atoms with Gasteiger partial charge < -0.3 is 9.64 Å². The highest BCUT2D eigenvalue weighted by molar-refractivity contribution is 5.80. The number of nitrogens with zero attached hydrogens (tertiary/aromatic N) is 3. The van der Waals surface area contributed by atoms with Crippen molar-refractivity contribution in [1.29, 1.82) is 0 Å². The molecule has 5 heteroatoms. The van der Waals surface area contributed by atoms with Crippen molar-refractivity contribution in [2.24, 2.45) is 5.92 Å². The molecule has 1 fully saturated rings. The molecule has 1 aromatic carbocycles. The van der Waals surface area contributed by atoms with Gasteiger partial charge in [-0.15, -0.1) is 0 Å². The van der Waals surface area contributed by atoms with E-state index >= 15 is 0 Å². The molecule has 2 aromatic rings. The first kappa shape index (κ1) is 21.7. The second kappa shape index (κ2) is 10.7. The van der Waals surface area contributed by atoms with Gasteiger partial charge in [-0.3, -0.25) is 14.7 Å². The number of hydrogen-bond acceptors (Lipinski definition) is 4. The number of hydrogen-bond donors (Lipinski definition) is 0. The number of carbonyl (C=O) groups excluding carboxylic acids is 1. The molecule has 2 aliphatic heterocycles. The number of ether oxygens (including phenoxy) is 1. The summed E-state index contributed by atoms with van der Waals surface area (Å²) in [6.07, 6.45) is 8.75. The molecule has 4 rings (SSSR count). The van der Waals surface area contributed by atoms with Gasteiger partial charge in [-0.2, -0.15) is 0 Å². The molecule has 0 N–H and O–H groups in total. The van der Waals surface area contributed by atoms with Crippen LogP contribution in [0.2, 0.25) is 0 Å². The van der Waals surface area contributed by atoms with Crippen molar-refractivity contribution >= 4 is 5.91 Å². The van der Waals surface area contributed by atoms with Crippen molar-refractivity contribution < 1.29 is 9.53 Å². The van der Waals surface area contributed by atoms with E-state index < -0.39 is 0 Å². The van der Waals surface area contributed by atoms with Gasteiger partial charge in [0, 0.05) is 45.1 Å². The normalized spacial score (nSPS) is 20.4. The number of aromatic nitrogens is 1. The Morgan fingerprint density at radius 2 is 2.06 bits per heavy atom. The van der Waals surface area contributed by atoms with Crippen molar-refractivity contribution in [2.45, 2.75) is 26.2 Å². The van der Waals surface area contributed by atoms with Crippen molar-refractivity contribution in [1.82, 2.24) is 14.8 Å². The number of benzene rings is 1. The van der Waals surface area contributed by atoms with Gasteiger partial charge in [0.1, 0.15) is 0 Å². The molecule has 31 heavy (non-hydrogen) atoms. The Morgan fingerprint density at radius 1 is 1.16 bits per heavy atom. The standard InChI is InChI=1S/C26H33N3O2/c1-2-11-29-13-12-28(18-22-7-5-14-31-20-22)19-25(26(29)30)16-21-6-3-8-23(15-21)24-9-4-10-27-17-24/h3-4,6-10,15,17,25H,2,5,11-14,16,18-20H2,1H3/t25-/m0/s1. The first-order chi connectivity index (χ1) is 15.2. The number of carbonyl (C=O) groups is 1. The molecular formula is C26H33N3O2. The molecule has 0 saturated carbocycles. The molecule has 5 nitrogen and oxygen atoms in total. The fraction of sp³-hybridized carbons (Fsp3) is 0.462. The van der Waals surface area contributed by atoms with Gasteiger partial charge in [-0.25, -0.2) is 0 Å². The summed E-state index contributed by atoms with van der Waals surface area (Å²) in [5.74, 6) is 0.272. The molecule has 1 saturated heterocycles. The van der Waals surface area contributed by atoms with Gasteiger partial charge in [0.15, 0.2) is 0 Å². The maximum absolute atomic E-state index is 13.4. The lowest BCUT2D eigenvalue weighted by atomic mass is 9.95. The minimum Gasteiger partial charge on any atom is -0.377 e. The third-order valence-corrected chi connectivity index (χ3v) is 6.13. The summed E-state index contributed by atoms with van der Waals surface area (Å²) in [5.41, 5.74) is 4.81. The molecule has 1 atom stereocenters. The maximum Gasteiger partial charge on any atom is 0.227 e. The van der Waals surface area contributed by atoms with Crippen molar-refractivity contribution in [3.63, 3.8) is 0 Å². The highest BCUT2D eigenvalue weighted by Crippen LogP contribution is 2.23. The monoisotopic (exact) mass is 419 g/mol. The van der Waals surface area contributed by atoms with Gasteiger partial charge in [0.25, 0.3) is 0 Å². The van der Waals surface area contributed by atoms with Gasteiger partial charge in [-0.05, 0) is 47.6 Å². The molecule has 0 unspecified atom stereocenters. The minimum absolute atomic E-state index is 0.0247. The average molecular weight is 420 g/mol. The summed E-state index contributed by atoms with van der Waals surface area (Å²) in [5, 5.41) is 0. The predicted octanol–water partition coefficient (Wildman–Crippen LogP) is 3.81. The zero-order valence-electron chi connectivity index (χ0n) is 18.5. The van der Waals surface area contributed by atoms with E-state index in [1.54, 1.807) is 6.20 Å². The highest BCUT2D eigenvalue weighted by atomic mass is 16.5. The summed E-state index contributed by atoms with van der Waals surface area (Å²) in [6.45, 7) is 7.97. The third-order valence-electron chi connectivity index (χ3n) is 6.13. The fourth-order valence-electron chi connectivity index (χ4n) is 4.60. The van der Waals surface area contributed by atoms with Crippen LogP contribution in [0.5, 0.6) is 0 Å². The minimum atomic E-state index is -0.0247. The van der Waals surface area contributed by atoms with E-state index in [-0.39, 0.29) is 5.92 Å². The molecular weight excluding hydrogens is 386 g/mol. The maximum atomic E-state index is 13.4. The molecule has 164 valence electrons. The Bertz CT molecular complexity index is 897. The molecule has 1 amide bonds. The largest absolute Gasteiger partial charge is 0.377 e. The second-order valence-corrected chi connectivity index (χ2v) is 8.61. The van der Waals surface area contributed by atoms with Gasteiger partial charge in [0.05, 0.1) is 19.1 Å². The van der Waals surface area contributed by atoms with Crippen molar-refractivity contribution in [2.75, 3.05) is 45.9 Å². The first-order valence-corrected chi connectivity index (χ1v) is 11.5. The van der Waals surface area contributed by atoms with Crippen LogP contribution in [-0.4, -0.2) is 66.6 Å². The number of pyridine rings is 1. The topological polar surface area (TPSA) is 45.7 Å². The number of rotatable bonds is 7. The Hall–Kier alpha value is -2.50. The highest BCUT2D eigenvalue weighted by Gasteiger charge is 2.30. The second-order valence-electron chi connectivity index (χ2n) is 8.61. The zero-order chi connectivity index (χ0) is 21.5. The molecule has 0 bridgehead atoms. The Kier molecular flexibility index (Phi) is 7.49. The number of amides is 1. The van der Waals surface area contributed by atoms with Crippen LogP contribution in [0.15, 0.2) is 60.4 Å². The predicted molar refractivity (Wildman–Crippen MR) is 124 cm³/mol. The van der Waals surface area contributed by atoms with Crippen molar-refractivity contribution in [3.8, 4) is 11.1 Å². The van der Waals surface area contributed by atoms with E-state index in [0.717, 1.165) is 76.3 Å². The van der Waals surface area contributed by atoms with Crippen LogP contribution in [-0.2, 0) is 16.0 Å². The Balaban J connectivity index is 1.52. The summed E-state index contributed by atoms with van der Waals surface area (Å²) >= 11 is 0. The third kappa shape index (κ3) is 5.81. The molecule has 1 aromatic heterocycles. The molecule has 0 radical (unpaired) electrons. The van der Waals surface area contributed by atoms with E-state index in [0.29, 0.717) is 5.91 Å². The lowest BCUT2D eigenvalue weighted by Gasteiger charge is -2.25. The Labute approximate surface area is 185 Å². The molecule has 0 spiro atoms. The van der Waals surface area contributed by atoms with E-state index in [1.165, 1.54) is 11.1 Å². The molecule has 3 heterocycles. The van der Waals surface area contributed by atoms with E-state index in [1.807, 2.05) is 12.3 Å². The first-order valence-electron chi connectivity index (χ1n) is 11.5. The van der Waals surface area contributed by atoms with E-state index in [9.17, 15) is 4.79 Å². The van der Waals surface area contributed by atoms with Gasteiger partial charge in [-0.1, -0.05) is 43.3 Å². The van der Waals surface area contributed by atoms with Crippen LogP contribution in [0, 0.1) is 5.92 Å². The lowest BCUT2D eigenvalue weighted by molar-refractivity contribution is -0.134. The summed E-state index contributed by atoms with van der Waals surface area (Å²) < 4.78 is 5.64. The summed E-state index contributed by atoms with van der Waals surface area (Å²) in [6, 6.07) is 12.6. The van der Waals surface area contributed by atoms with Crippen LogP contribution in [0.4, 0.5) is 0 Å². The zero-order valence-corrected chi connectivity index (χ0v) is 18.5. The average Bonchev–Trinajstić information content (AvgIpc) is 2.95.